The number of hydrogen-bond donors (Lipinski definition) is 0. The van der Waals surface area contributed by atoms with Crippen molar-refractivity contribution < 1.29 is 4.39 Å². The SMILES string of the molecule is C#Cc1ccc(-c2ccccc2CF)c(Cl)c1. The fourth-order valence-corrected chi connectivity index (χ4v) is 2.01. The summed E-state index contributed by atoms with van der Waals surface area (Å²) in [5.41, 5.74) is 2.96. The Balaban J connectivity index is 2.57. The van der Waals surface area contributed by atoms with E-state index in [9.17, 15) is 4.39 Å². The Kier molecular flexibility index (Phi) is 3.46. The summed E-state index contributed by atoms with van der Waals surface area (Å²) in [5.74, 6) is 2.52. The number of halogens is 2. The van der Waals surface area contributed by atoms with Crippen LogP contribution in [0.5, 0.6) is 0 Å². The second kappa shape index (κ2) is 5.03. The molecule has 0 nitrogen and oxygen atoms in total. The Morgan fingerprint density at radius 2 is 1.88 bits per heavy atom. The smallest absolute Gasteiger partial charge is 0.115 e. The van der Waals surface area contributed by atoms with Crippen LogP contribution >= 0.6 is 11.6 Å². The number of terminal acetylenes is 1. The van der Waals surface area contributed by atoms with Crippen LogP contribution in [0.3, 0.4) is 0 Å². The normalized spacial score (nSPS) is 9.94. The van der Waals surface area contributed by atoms with Crippen LogP contribution in [0.2, 0.25) is 5.02 Å². The van der Waals surface area contributed by atoms with Gasteiger partial charge in [0, 0.05) is 16.1 Å². The van der Waals surface area contributed by atoms with Crippen molar-refractivity contribution in [3.63, 3.8) is 0 Å². The molecule has 0 aromatic heterocycles. The molecule has 0 bridgehead atoms. The molecule has 2 aromatic carbocycles. The van der Waals surface area contributed by atoms with Crippen LogP contribution in [0, 0.1) is 12.3 Å². The summed E-state index contributed by atoms with van der Waals surface area (Å²) in [4.78, 5) is 0. The Morgan fingerprint density at radius 1 is 1.12 bits per heavy atom. The maximum Gasteiger partial charge on any atom is 0.115 e. The van der Waals surface area contributed by atoms with E-state index in [-0.39, 0.29) is 0 Å². The van der Waals surface area contributed by atoms with Crippen molar-refractivity contribution in [1.29, 1.82) is 0 Å². The fourth-order valence-electron chi connectivity index (χ4n) is 1.72. The standard InChI is InChI=1S/C15H10ClF/c1-2-11-7-8-14(15(16)9-11)13-6-4-3-5-12(13)10-17/h1,3-9H,10H2. The van der Waals surface area contributed by atoms with Gasteiger partial charge in [-0.05, 0) is 23.3 Å². The van der Waals surface area contributed by atoms with E-state index < -0.39 is 6.67 Å². The third-order valence-corrected chi connectivity index (χ3v) is 2.90. The molecule has 0 saturated heterocycles. The number of rotatable bonds is 2. The lowest BCUT2D eigenvalue weighted by Gasteiger charge is -2.09. The minimum atomic E-state index is -0.511. The summed E-state index contributed by atoms with van der Waals surface area (Å²) in [7, 11) is 0. The molecule has 0 heterocycles. The van der Waals surface area contributed by atoms with E-state index in [1.54, 1.807) is 18.2 Å². The molecule has 0 fully saturated rings. The van der Waals surface area contributed by atoms with E-state index in [0.29, 0.717) is 10.6 Å². The van der Waals surface area contributed by atoms with E-state index in [1.165, 1.54) is 0 Å². The van der Waals surface area contributed by atoms with Gasteiger partial charge in [0.05, 0.1) is 0 Å². The Bertz CT molecular complexity index is 582. The van der Waals surface area contributed by atoms with E-state index >= 15 is 0 Å². The van der Waals surface area contributed by atoms with Gasteiger partial charge in [0.2, 0.25) is 0 Å². The minimum Gasteiger partial charge on any atom is -0.246 e. The van der Waals surface area contributed by atoms with E-state index in [2.05, 4.69) is 5.92 Å². The second-order valence-electron chi connectivity index (χ2n) is 3.63. The molecule has 0 aliphatic heterocycles. The summed E-state index contributed by atoms with van der Waals surface area (Å²) in [6.07, 6.45) is 5.29. The van der Waals surface area contributed by atoms with Crippen molar-refractivity contribution in [2.45, 2.75) is 6.67 Å². The number of alkyl halides is 1. The van der Waals surface area contributed by atoms with Gasteiger partial charge >= 0.3 is 0 Å². The van der Waals surface area contributed by atoms with Gasteiger partial charge in [-0.25, -0.2) is 4.39 Å². The predicted molar refractivity (Wildman–Crippen MR) is 69.6 cm³/mol. The van der Waals surface area contributed by atoms with E-state index in [1.807, 2.05) is 24.3 Å². The second-order valence-corrected chi connectivity index (χ2v) is 4.04. The van der Waals surface area contributed by atoms with Crippen LogP contribution in [0.1, 0.15) is 11.1 Å². The summed E-state index contributed by atoms with van der Waals surface area (Å²) < 4.78 is 12.9. The first-order valence-electron chi connectivity index (χ1n) is 5.16. The highest BCUT2D eigenvalue weighted by Gasteiger charge is 2.08. The van der Waals surface area contributed by atoms with Gasteiger partial charge < -0.3 is 0 Å². The van der Waals surface area contributed by atoms with Crippen molar-refractivity contribution >= 4 is 11.6 Å². The predicted octanol–water partition coefficient (Wildman–Crippen LogP) is 4.46. The molecule has 2 heteroatoms. The molecular formula is C15H10ClF. The van der Waals surface area contributed by atoms with Crippen molar-refractivity contribution in [2.24, 2.45) is 0 Å². The van der Waals surface area contributed by atoms with Crippen molar-refractivity contribution in [1.82, 2.24) is 0 Å². The average molecular weight is 245 g/mol. The maximum absolute atomic E-state index is 12.9. The molecule has 17 heavy (non-hydrogen) atoms. The van der Waals surface area contributed by atoms with Crippen LogP contribution in [0.4, 0.5) is 4.39 Å². The zero-order valence-electron chi connectivity index (χ0n) is 9.08. The Labute approximate surface area is 105 Å². The molecule has 0 spiro atoms. The van der Waals surface area contributed by atoms with Gasteiger partial charge in [0.15, 0.2) is 0 Å². The highest BCUT2D eigenvalue weighted by atomic mass is 35.5. The molecule has 0 aliphatic carbocycles. The van der Waals surface area contributed by atoms with Gasteiger partial charge in [-0.2, -0.15) is 0 Å². The minimum absolute atomic E-state index is 0.511. The first-order valence-corrected chi connectivity index (χ1v) is 5.54. The molecule has 0 radical (unpaired) electrons. The summed E-state index contributed by atoms with van der Waals surface area (Å²) in [5, 5.41) is 0.543. The highest BCUT2D eigenvalue weighted by Crippen LogP contribution is 2.31. The van der Waals surface area contributed by atoms with Gasteiger partial charge in [-0.1, -0.05) is 47.9 Å². The lowest BCUT2D eigenvalue weighted by molar-refractivity contribution is 0.486. The Morgan fingerprint density at radius 3 is 2.53 bits per heavy atom. The molecule has 0 N–H and O–H groups in total. The molecule has 84 valence electrons. The van der Waals surface area contributed by atoms with E-state index in [0.717, 1.165) is 16.7 Å². The zero-order valence-corrected chi connectivity index (χ0v) is 9.84. The van der Waals surface area contributed by atoms with Gasteiger partial charge in [-0.3, -0.25) is 0 Å². The molecule has 0 amide bonds. The summed E-state index contributed by atoms with van der Waals surface area (Å²) in [6.45, 7) is -0.511. The van der Waals surface area contributed by atoms with Crippen LogP contribution < -0.4 is 0 Å². The van der Waals surface area contributed by atoms with Crippen LogP contribution in [0.25, 0.3) is 11.1 Å². The van der Waals surface area contributed by atoms with Gasteiger partial charge in [0.25, 0.3) is 0 Å². The monoisotopic (exact) mass is 244 g/mol. The average Bonchev–Trinajstić information content (AvgIpc) is 2.38. The quantitative estimate of drug-likeness (QED) is 0.685. The van der Waals surface area contributed by atoms with E-state index in [4.69, 9.17) is 18.0 Å². The Hall–Kier alpha value is -1.78. The van der Waals surface area contributed by atoms with Gasteiger partial charge in [-0.15, -0.1) is 6.42 Å². The maximum atomic E-state index is 12.9. The van der Waals surface area contributed by atoms with Crippen LogP contribution in [-0.2, 0) is 6.67 Å². The van der Waals surface area contributed by atoms with Crippen molar-refractivity contribution in [3.8, 4) is 23.5 Å². The highest BCUT2D eigenvalue weighted by molar-refractivity contribution is 6.33. The first-order chi connectivity index (χ1) is 8.26. The summed E-state index contributed by atoms with van der Waals surface area (Å²) in [6, 6.07) is 12.6. The third-order valence-electron chi connectivity index (χ3n) is 2.59. The van der Waals surface area contributed by atoms with Crippen molar-refractivity contribution in [2.75, 3.05) is 0 Å². The largest absolute Gasteiger partial charge is 0.246 e. The molecule has 0 aliphatic rings. The topological polar surface area (TPSA) is 0 Å². The molecule has 2 aromatic rings. The van der Waals surface area contributed by atoms with Crippen molar-refractivity contribution in [3.05, 3.63) is 58.6 Å². The van der Waals surface area contributed by atoms with Crippen LogP contribution in [-0.4, -0.2) is 0 Å². The zero-order chi connectivity index (χ0) is 12.3. The molecule has 0 atom stereocenters. The third kappa shape index (κ3) is 2.33. The fraction of sp³-hybridized carbons (Fsp3) is 0.0667. The lowest BCUT2D eigenvalue weighted by atomic mass is 9.99. The molecule has 2 rings (SSSR count). The molecular weight excluding hydrogens is 235 g/mol. The summed E-state index contributed by atoms with van der Waals surface area (Å²) >= 11 is 6.15. The molecule has 0 unspecified atom stereocenters. The molecule has 0 saturated carbocycles. The first kappa shape index (κ1) is 11.7. The van der Waals surface area contributed by atoms with Crippen LogP contribution in [0.15, 0.2) is 42.5 Å². The lowest BCUT2D eigenvalue weighted by Crippen LogP contribution is -1.88. The number of hydrogen-bond acceptors (Lipinski definition) is 0. The van der Waals surface area contributed by atoms with Gasteiger partial charge in [0.1, 0.15) is 6.67 Å². The number of benzene rings is 2.